The van der Waals surface area contributed by atoms with Gasteiger partial charge in [-0.3, -0.25) is 0 Å². The molecule has 154 valence electrons. The second-order valence-corrected chi connectivity index (χ2v) is 7.70. The van der Waals surface area contributed by atoms with Gasteiger partial charge in [-0.05, 0) is 48.9 Å². The Bertz CT molecular complexity index is 993. The lowest BCUT2D eigenvalue weighted by Crippen LogP contribution is -2.31. The van der Waals surface area contributed by atoms with E-state index in [1.54, 1.807) is 6.07 Å². The van der Waals surface area contributed by atoms with E-state index >= 15 is 0 Å². The van der Waals surface area contributed by atoms with Gasteiger partial charge in [-0.15, -0.1) is 0 Å². The Balaban J connectivity index is 1.45. The molecule has 1 aromatic heterocycles. The first-order valence-electron chi connectivity index (χ1n) is 10.1. The van der Waals surface area contributed by atoms with Gasteiger partial charge >= 0.3 is 6.18 Å². The van der Waals surface area contributed by atoms with Crippen molar-refractivity contribution in [2.45, 2.75) is 51.1 Å². The average Bonchev–Trinajstić information content (AvgIpc) is 3.02. The highest BCUT2D eigenvalue weighted by Gasteiger charge is 2.32. The van der Waals surface area contributed by atoms with Crippen LogP contribution in [0.2, 0.25) is 0 Å². The first kappa shape index (κ1) is 20.0. The highest BCUT2D eigenvalue weighted by molar-refractivity contribution is 5.85. The molecule has 0 saturated carbocycles. The molecule has 29 heavy (non-hydrogen) atoms. The summed E-state index contributed by atoms with van der Waals surface area (Å²) in [6.45, 7) is 0.731. The lowest BCUT2D eigenvalue weighted by atomic mass is 9.95. The summed E-state index contributed by atoms with van der Waals surface area (Å²) < 4.78 is 41.5. The molecule has 2 N–H and O–H groups in total. The van der Waals surface area contributed by atoms with Crippen molar-refractivity contribution in [3.8, 4) is 0 Å². The number of hydrogen-bond acceptors (Lipinski definition) is 2. The van der Waals surface area contributed by atoms with Crippen molar-refractivity contribution in [2.24, 2.45) is 0 Å². The molecule has 4 rings (SSSR count). The molecule has 1 heterocycles. The summed E-state index contributed by atoms with van der Waals surface area (Å²) >= 11 is 0. The standard InChI is InChI=1S/C23H25F3N2O/c24-23(25,26)20-10-4-1-7-16(20)13-27-14-17(29)15-28-21-11-5-2-8-18(21)19-9-3-6-12-22(19)28/h1-2,4-5,7-8,10-11,17,27,29H,3,6,9,12-15H2. The second kappa shape index (κ2) is 8.20. The minimum absolute atomic E-state index is 0.0667. The van der Waals surface area contributed by atoms with Gasteiger partial charge in [-0.1, -0.05) is 36.4 Å². The molecule has 3 aromatic rings. The normalized spacial score (nSPS) is 15.4. The molecule has 0 bridgehead atoms. The molecule has 0 saturated heterocycles. The molecule has 1 aliphatic rings. The van der Waals surface area contributed by atoms with Crippen LogP contribution in [0.25, 0.3) is 10.9 Å². The van der Waals surface area contributed by atoms with Crippen LogP contribution in [-0.2, 0) is 32.1 Å². The van der Waals surface area contributed by atoms with Gasteiger partial charge < -0.3 is 15.0 Å². The first-order chi connectivity index (χ1) is 13.9. The van der Waals surface area contributed by atoms with Crippen LogP contribution in [0.1, 0.15) is 35.2 Å². The Labute approximate surface area is 168 Å². The van der Waals surface area contributed by atoms with Crippen molar-refractivity contribution in [3.63, 3.8) is 0 Å². The van der Waals surface area contributed by atoms with Crippen LogP contribution in [0.3, 0.4) is 0 Å². The largest absolute Gasteiger partial charge is 0.416 e. The fourth-order valence-corrected chi connectivity index (χ4v) is 4.40. The Kier molecular flexibility index (Phi) is 5.65. The number of aromatic nitrogens is 1. The van der Waals surface area contributed by atoms with Crippen LogP contribution >= 0.6 is 0 Å². The summed E-state index contributed by atoms with van der Waals surface area (Å²) in [6.07, 6.45) is -0.667. The van der Waals surface area contributed by atoms with Crippen molar-refractivity contribution >= 4 is 10.9 Å². The zero-order chi connectivity index (χ0) is 20.4. The number of fused-ring (bicyclic) bond motifs is 3. The molecule has 1 unspecified atom stereocenters. The molecular formula is C23H25F3N2O. The number of aryl methyl sites for hydroxylation is 1. The highest BCUT2D eigenvalue weighted by Crippen LogP contribution is 2.33. The average molecular weight is 402 g/mol. The zero-order valence-electron chi connectivity index (χ0n) is 16.2. The van der Waals surface area contributed by atoms with E-state index in [1.807, 2.05) is 12.1 Å². The third kappa shape index (κ3) is 4.19. The summed E-state index contributed by atoms with van der Waals surface area (Å²) in [5.74, 6) is 0. The van der Waals surface area contributed by atoms with Crippen molar-refractivity contribution in [2.75, 3.05) is 6.54 Å². The van der Waals surface area contributed by atoms with Gasteiger partial charge in [-0.25, -0.2) is 0 Å². The lowest BCUT2D eigenvalue weighted by molar-refractivity contribution is -0.138. The molecule has 0 spiro atoms. The summed E-state index contributed by atoms with van der Waals surface area (Å²) in [4.78, 5) is 0. The van der Waals surface area contributed by atoms with Gasteiger partial charge in [-0.2, -0.15) is 13.2 Å². The van der Waals surface area contributed by atoms with Crippen LogP contribution in [0.5, 0.6) is 0 Å². The van der Waals surface area contributed by atoms with E-state index in [0.717, 1.165) is 30.8 Å². The molecule has 0 radical (unpaired) electrons. The SMILES string of the molecule is OC(CNCc1ccccc1C(F)(F)F)Cn1c2c(c3ccccc31)CCCC2. The summed E-state index contributed by atoms with van der Waals surface area (Å²) in [6, 6.07) is 13.8. The monoisotopic (exact) mass is 402 g/mol. The number of aliphatic hydroxyl groups is 1. The van der Waals surface area contributed by atoms with E-state index in [1.165, 1.54) is 35.2 Å². The number of alkyl halides is 3. The third-order valence-electron chi connectivity index (χ3n) is 5.70. The Morgan fingerprint density at radius 1 is 1.00 bits per heavy atom. The zero-order valence-corrected chi connectivity index (χ0v) is 16.2. The highest BCUT2D eigenvalue weighted by atomic mass is 19.4. The number of rotatable bonds is 6. The second-order valence-electron chi connectivity index (χ2n) is 7.70. The van der Waals surface area contributed by atoms with Gasteiger partial charge in [0.15, 0.2) is 0 Å². The van der Waals surface area contributed by atoms with Gasteiger partial charge in [0.2, 0.25) is 0 Å². The molecule has 6 heteroatoms. The number of hydrogen-bond donors (Lipinski definition) is 2. The fraction of sp³-hybridized carbons (Fsp3) is 0.391. The van der Waals surface area contributed by atoms with Crippen molar-refractivity contribution < 1.29 is 18.3 Å². The quantitative estimate of drug-likeness (QED) is 0.628. The maximum Gasteiger partial charge on any atom is 0.416 e. The van der Waals surface area contributed by atoms with Crippen LogP contribution in [0.15, 0.2) is 48.5 Å². The lowest BCUT2D eigenvalue weighted by Gasteiger charge is -2.19. The van der Waals surface area contributed by atoms with Crippen LogP contribution < -0.4 is 5.32 Å². The van der Waals surface area contributed by atoms with E-state index < -0.39 is 17.8 Å². The van der Waals surface area contributed by atoms with Gasteiger partial charge in [0.25, 0.3) is 0 Å². The minimum atomic E-state index is -4.37. The smallest absolute Gasteiger partial charge is 0.390 e. The molecule has 0 fully saturated rings. The van der Waals surface area contributed by atoms with E-state index in [2.05, 4.69) is 22.0 Å². The number of halogens is 3. The number of nitrogens with zero attached hydrogens (tertiary/aromatic N) is 1. The predicted molar refractivity (Wildman–Crippen MR) is 108 cm³/mol. The molecule has 1 atom stereocenters. The Morgan fingerprint density at radius 2 is 1.72 bits per heavy atom. The maximum absolute atomic E-state index is 13.1. The topological polar surface area (TPSA) is 37.2 Å². The first-order valence-corrected chi connectivity index (χ1v) is 10.1. The predicted octanol–water partition coefficient (Wildman–Crippen LogP) is 4.69. The van der Waals surface area contributed by atoms with Crippen molar-refractivity contribution in [3.05, 3.63) is 70.9 Å². The fourth-order valence-electron chi connectivity index (χ4n) is 4.40. The number of aliphatic hydroxyl groups excluding tert-OH is 1. The summed E-state index contributed by atoms with van der Waals surface area (Å²) in [7, 11) is 0. The molecule has 2 aromatic carbocycles. The number of para-hydroxylation sites is 1. The van der Waals surface area contributed by atoms with Crippen LogP contribution in [0.4, 0.5) is 13.2 Å². The van der Waals surface area contributed by atoms with Gasteiger partial charge in [0.1, 0.15) is 0 Å². The van der Waals surface area contributed by atoms with Crippen LogP contribution in [0, 0.1) is 0 Å². The van der Waals surface area contributed by atoms with E-state index in [-0.39, 0.29) is 18.7 Å². The summed E-state index contributed by atoms with van der Waals surface area (Å²) in [5.41, 5.74) is 3.36. The summed E-state index contributed by atoms with van der Waals surface area (Å²) in [5, 5.41) is 14.8. The molecule has 0 aliphatic heterocycles. The van der Waals surface area contributed by atoms with Crippen molar-refractivity contribution in [1.82, 2.24) is 9.88 Å². The van der Waals surface area contributed by atoms with Crippen LogP contribution in [-0.4, -0.2) is 22.3 Å². The Morgan fingerprint density at radius 3 is 2.55 bits per heavy atom. The van der Waals surface area contributed by atoms with Crippen molar-refractivity contribution in [1.29, 1.82) is 0 Å². The molecular weight excluding hydrogens is 377 g/mol. The molecule has 1 aliphatic carbocycles. The van der Waals surface area contributed by atoms with E-state index in [4.69, 9.17) is 0 Å². The minimum Gasteiger partial charge on any atom is -0.390 e. The molecule has 0 amide bonds. The van der Waals surface area contributed by atoms with Gasteiger partial charge in [0.05, 0.1) is 18.2 Å². The number of benzene rings is 2. The van der Waals surface area contributed by atoms with E-state index in [9.17, 15) is 18.3 Å². The molecule has 3 nitrogen and oxygen atoms in total. The van der Waals surface area contributed by atoms with E-state index in [0.29, 0.717) is 6.54 Å². The number of nitrogens with one attached hydrogen (secondary N) is 1. The maximum atomic E-state index is 13.1. The third-order valence-corrected chi connectivity index (χ3v) is 5.70. The van der Waals surface area contributed by atoms with Gasteiger partial charge in [0, 0.05) is 29.7 Å². The Hall–Kier alpha value is -2.31.